The van der Waals surface area contributed by atoms with Crippen LogP contribution in [0.5, 0.6) is 11.5 Å². The molecule has 0 saturated carbocycles. The van der Waals surface area contributed by atoms with Crippen LogP contribution in [0.15, 0.2) is 18.2 Å². The topological polar surface area (TPSA) is 38.8 Å². The summed E-state index contributed by atoms with van der Waals surface area (Å²) in [7, 11) is 2.95. The molecule has 0 bridgehead atoms. The Labute approximate surface area is 114 Å². The van der Waals surface area contributed by atoms with Gasteiger partial charge in [0.05, 0.1) is 7.11 Å². The molecule has 1 aromatic carbocycles. The van der Waals surface area contributed by atoms with Crippen LogP contribution < -0.4 is 9.47 Å². The zero-order valence-corrected chi connectivity index (χ0v) is 11.3. The molecule has 0 atom stereocenters. The highest BCUT2D eigenvalue weighted by Crippen LogP contribution is 2.29. The van der Waals surface area contributed by atoms with Crippen LogP contribution in [-0.4, -0.2) is 37.5 Å². The zero-order chi connectivity index (χ0) is 14.4. The van der Waals surface area contributed by atoms with Gasteiger partial charge >= 0.3 is 6.61 Å². The smallest absolute Gasteiger partial charge is 0.387 e. The minimum Gasteiger partial charge on any atom is -0.493 e. The summed E-state index contributed by atoms with van der Waals surface area (Å²) in [6.07, 6.45) is 0. The maximum atomic E-state index is 12.2. The maximum absolute atomic E-state index is 12.2. The van der Waals surface area contributed by atoms with E-state index in [0.717, 1.165) is 5.56 Å². The highest BCUT2D eigenvalue weighted by molar-refractivity contribution is 6.27. The van der Waals surface area contributed by atoms with Gasteiger partial charge in [-0.3, -0.25) is 4.79 Å². The van der Waals surface area contributed by atoms with E-state index < -0.39 is 6.61 Å². The molecule has 1 rings (SSSR count). The van der Waals surface area contributed by atoms with Crippen molar-refractivity contribution in [1.29, 1.82) is 0 Å². The van der Waals surface area contributed by atoms with Crippen molar-refractivity contribution in [3.63, 3.8) is 0 Å². The molecular formula is C12H14ClF2NO3. The molecule has 0 aromatic heterocycles. The highest BCUT2D eigenvalue weighted by atomic mass is 35.5. The minimum atomic E-state index is -2.92. The van der Waals surface area contributed by atoms with Gasteiger partial charge in [-0.15, -0.1) is 11.6 Å². The lowest BCUT2D eigenvalue weighted by Gasteiger charge is -2.17. The Kier molecular flexibility index (Phi) is 5.82. The standard InChI is InChI=1S/C12H14ClF2NO3/c1-16(11(17)6-13)7-8-3-4-9(19-12(14)15)10(5-8)18-2/h3-5,12H,6-7H2,1-2H3. The van der Waals surface area contributed by atoms with E-state index in [1.165, 1.54) is 24.1 Å². The van der Waals surface area contributed by atoms with Gasteiger partial charge < -0.3 is 14.4 Å². The molecule has 106 valence electrons. The zero-order valence-electron chi connectivity index (χ0n) is 10.5. The lowest BCUT2D eigenvalue weighted by Crippen LogP contribution is -2.27. The number of ether oxygens (including phenoxy) is 2. The van der Waals surface area contributed by atoms with Crippen molar-refractivity contribution in [2.75, 3.05) is 20.0 Å². The number of hydrogen-bond donors (Lipinski definition) is 0. The van der Waals surface area contributed by atoms with Gasteiger partial charge in [-0.25, -0.2) is 0 Å². The van der Waals surface area contributed by atoms with Gasteiger partial charge in [0.15, 0.2) is 11.5 Å². The Hall–Kier alpha value is -1.56. The molecule has 0 radical (unpaired) electrons. The molecule has 0 heterocycles. The van der Waals surface area contributed by atoms with Crippen LogP contribution >= 0.6 is 11.6 Å². The molecule has 0 aliphatic heterocycles. The molecule has 0 aliphatic carbocycles. The second kappa shape index (κ2) is 7.13. The van der Waals surface area contributed by atoms with Crippen LogP contribution in [0.2, 0.25) is 0 Å². The number of benzene rings is 1. The molecule has 0 aliphatic rings. The number of carbonyl (C=O) groups excluding carboxylic acids is 1. The molecule has 1 aromatic rings. The molecular weight excluding hydrogens is 280 g/mol. The molecule has 0 fully saturated rings. The Bertz CT molecular complexity index is 443. The summed E-state index contributed by atoms with van der Waals surface area (Å²) in [4.78, 5) is 12.7. The number of methoxy groups -OCH3 is 1. The number of halogens is 3. The van der Waals surface area contributed by atoms with E-state index in [1.54, 1.807) is 13.1 Å². The number of nitrogens with zero attached hydrogens (tertiary/aromatic N) is 1. The first kappa shape index (κ1) is 15.5. The molecule has 7 heteroatoms. The van der Waals surface area contributed by atoms with Crippen LogP contribution in [-0.2, 0) is 11.3 Å². The summed E-state index contributed by atoms with van der Waals surface area (Å²) >= 11 is 5.43. The number of alkyl halides is 3. The van der Waals surface area contributed by atoms with Crippen molar-refractivity contribution in [2.24, 2.45) is 0 Å². The first-order chi connectivity index (χ1) is 8.97. The molecule has 19 heavy (non-hydrogen) atoms. The normalized spacial score (nSPS) is 10.4. The quantitative estimate of drug-likeness (QED) is 0.757. The predicted molar refractivity (Wildman–Crippen MR) is 66.8 cm³/mol. The Morgan fingerprint density at radius 3 is 2.63 bits per heavy atom. The van der Waals surface area contributed by atoms with Gasteiger partial charge in [-0.1, -0.05) is 6.07 Å². The summed E-state index contributed by atoms with van der Waals surface area (Å²) in [6, 6.07) is 4.49. The second-order valence-electron chi connectivity index (χ2n) is 3.75. The summed E-state index contributed by atoms with van der Waals surface area (Å²) in [6.45, 7) is -2.61. The molecule has 0 N–H and O–H groups in total. The number of amides is 1. The van der Waals surface area contributed by atoms with Crippen molar-refractivity contribution in [3.8, 4) is 11.5 Å². The minimum absolute atomic E-state index is 0.0485. The van der Waals surface area contributed by atoms with E-state index in [0.29, 0.717) is 6.54 Å². The second-order valence-corrected chi connectivity index (χ2v) is 4.01. The third-order valence-electron chi connectivity index (χ3n) is 2.40. The van der Waals surface area contributed by atoms with Crippen LogP contribution in [0, 0.1) is 0 Å². The average Bonchev–Trinajstić information content (AvgIpc) is 2.38. The van der Waals surface area contributed by atoms with Gasteiger partial charge in [0.25, 0.3) is 0 Å². The van der Waals surface area contributed by atoms with E-state index in [1.807, 2.05) is 0 Å². The maximum Gasteiger partial charge on any atom is 0.387 e. The Morgan fingerprint density at radius 2 is 2.11 bits per heavy atom. The van der Waals surface area contributed by atoms with Gasteiger partial charge in [0.1, 0.15) is 5.88 Å². The van der Waals surface area contributed by atoms with Gasteiger partial charge in [-0.2, -0.15) is 8.78 Å². The molecule has 4 nitrogen and oxygen atoms in total. The van der Waals surface area contributed by atoms with Crippen molar-refractivity contribution in [1.82, 2.24) is 4.90 Å². The fourth-order valence-electron chi connectivity index (χ4n) is 1.47. The third kappa shape index (κ3) is 4.55. The fourth-order valence-corrected chi connectivity index (χ4v) is 1.67. The Morgan fingerprint density at radius 1 is 1.42 bits per heavy atom. The van der Waals surface area contributed by atoms with Crippen molar-refractivity contribution >= 4 is 17.5 Å². The highest BCUT2D eigenvalue weighted by Gasteiger charge is 2.13. The van der Waals surface area contributed by atoms with Crippen molar-refractivity contribution < 1.29 is 23.0 Å². The number of carbonyl (C=O) groups is 1. The summed E-state index contributed by atoms with van der Waals surface area (Å²) in [5.41, 5.74) is 0.722. The van der Waals surface area contributed by atoms with Crippen LogP contribution in [0.4, 0.5) is 8.78 Å². The van der Waals surface area contributed by atoms with Crippen LogP contribution in [0.1, 0.15) is 5.56 Å². The third-order valence-corrected chi connectivity index (χ3v) is 2.63. The van der Waals surface area contributed by atoms with Crippen molar-refractivity contribution in [2.45, 2.75) is 13.2 Å². The summed E-state index contributed by atoms with van der Waals surface area (Å²) in [5, 5.41) is 0. The summed E-state index contributed by atoms with van der Waals surface area (Å²) < 4.78 is 33.6. The monoisotopic (exact) mass is 293 g/mol. The van der Waals surface area contributed by atoms with Gasteiger partial charge in [0.2, 0.25) is 5.91 Å². The molecule has 0 unspecified atom stereocenters. The number of hydrogen-bond acceptors (Lipinski definition) is 3. The van der Waals surface area contributed by atoms with E-state index in [-0.39, 0.29) is 23.3 Å². The van der Waals surface area contributed by atoms with Crippen LogP contribution in [0.3, 0.4) is 0 Å². The molecule has 0 spiro atoms. The van der Waals surface area contributed by atoms with E-state index in [4.69, 9.17) is 16.3 Å². The fraction of sp³-hybridized carbons (Fsp3) is 0.417. The Balaban J connectivity index is 2.84. The lowest BCUT2D eigenvalue weighted by atomic mass is 10.2. The number of rotatable bonds is 6. The van der Waals surface area contributed by atoms with E-state index in [9.17, 15) is 13.6 Å². The molecule has 0 saturated heterocycles. The molecule has 1 amide bonds. The van der Waals surface area contributed by atoms with E-state index in [2.05, 4.69) is 4.74 Å². The average molecular weight is 294 g/mol. The lowest BCUT2D eigenvalue weighted by molar-refractivity contribution is -0.127. The van der Waals surface area contributed by atoms with Crippen molar-refractivity contribution in [3.05, 3.63) is 23.8 Å². The van der Waals surface area contributed by atoms with Gasteiger partial charge in [0, 0.05) is 13.6 Å². The summed E-state index contributed by atoms with van der Waals surface area (Å²) in [5.74, 6) is -0.203. The SMILES string of the molecule is COc1cc(CN(C)C(=O)CCl)ccc1OC(F)F. The first-order valence-electron chi connectivity index (χ1n) is 5.39. The predicted octanol–water partition coefficient (Wildman–Crippen LogP) is 2.49. The van der Waals surface area contributed by atoms with Gasteiger partial charge in [-0.05, 0) is 17.7 Å². The largest absolute Gasteiger partial charge is 0.493 e. The van der Waals surface area contributed by atoms with E-state index >= 15 is 0 Å². The van der Waals surface area contributed by atoms with Crippen LogP contribution in [0.25, 0.3) is 0 Å². The first-order valence-corrected chi connectivity index (χ1v) is 5.93.